The number of rotatable bonds is 3. The molecule has 2 unspecified atom stereocenters. The van der Waals surface area contributed by atoms with Crippen molar-refractivity contribution in [2.24, 2.45) is 5.92 Å². The lowest BCUT2D eigenvalue weighted by Gasteiger charge is -2.36. The molecule has 4 heteroatoms. The van der Waals surface area contributed by atoms with Gasteiger partial charge in [-0.1, -0.05) is 12.1 Å². The van der Waals surface area contributed by atoms with Gasteiger partial charge in [-0.05, 0) is 50.8 Å². The van der Waals surface area contributed by atoms with Gasteiger partial charge in [-0.15, -0.1) is 0 Å². The van der Waals surface area contributed by atoms with Crippen LogP contribution in [0.15, 0.2) is 24.3 Å². The molecule has 0 radical (unpaired) electrons. The maximum absolute atomic E-state index is 4.59. The molecule has 0 amide bonds. The Balaban J connectivity index is 1.41. The highest BCUT2D eigenvalue weighted by molar-refractivity contribution is 5.77. The average Bonchev–Trinajstić information content (AvgIpc) is 2.94. The lowest BCUT2D eigenvalue weighted by atomic mass is 9.91. The average molecular weight is 270 g/mol. The van der Waals surface area contributed by atoms with Crippen LogP contribution in [0.1, 0.15) is 25.7 Å². The summed E-state index contributed by atoms with van der Waals surface area (Å²) in [6.07, 6.45) is 5.45. The molecule has 2 aliphatic heterocycles. The van der Waals surface area contributed by atoms with Gasteiger partial charge in [0.25, 0.3) is 0 Å². The highest BCUT2D eigenvalue weighted by Gasteiger charge is 2.38. The number of fused-ring (bicyclic) bond motifs is 3. The smallest absolute Gasteiger partial charge is 0.201 e. The molecule has 2 saturated heterocycles. The largest absolute Gasteiger partial charge is 0.356 e. The summed E-state index contributed by atoms with van der Waals surface area (Å²) in [4.78, 5) is 10.5. The van der Waals surface area contributed by atoms with Crippen molar-refractivity contribution in [1.82, 2.24) is 14.9 Å². The monoisotopic (exact) mass is 270 g/mol. The first kappa shape index (κ1) is 12.2. The second kappa shape index (κ2) is 4.77. The van der Waals surface area contributed by atoms with Gasteiger partial charge in [-0.2, -0.15) is 0 Å². The van der Waals surface area contributed by atoms with E-state index in [9.17, 15) is 0 Å². The van der Waals surface area contributed by atoms with Gasteiger partial charge < -0.3 is 15.2 Å². The van der Waals surface area contributed by atoms with Gasteiger partial charge in [-0.3, -0.25) is 0 Å². The zero-order valence-corrected chi connectivity index (χ0v) is 12.0. The maximum atomic E-state index is 4.59. The molecular weight excluding hydrogens is 248 g/mol. The fourth-order valence-corrected chi connectivity index (χ4v) is 3.97. The van der Waals surface area contributed by atoms with Crippen LogP contribution in [0.4, 0.5) is 5.95 Å². The van der Waals surface area contributed by atoms with Gasteiger partial charge in [-0.25, -0.2) is 4.98 Å². The van der Waals surface area contributed by atoms with Crippen molar-refractivity contribution in [3.05, 3.63) is 24.3 Å². The van der Waals surface area contributed by atoms with Gasteiger partial charge in [0.2, 0.25) is 5.95 Å². The molecule has 4 rings (SSSR count). The fraction of sp³-hybridized carbons (Fsp3) is 0.562. The number of piperidine rings is 1. The van der Waals surface area contributed by atoms with Crippen LogP contribution in [0.5, 0.6) is 0 Å². The molecule has 0 saturated carbocycles. The molecule has 0 aliphatic carbocycles. The summed E-state index contributed by atoms with van der Waals surface area (Å²) >= 11 is 0. The van der Waals surface area contributed by atoms with Crippen molar-refractivity contribution < 1.29 is 0 Å². The summed E-state index contributed by atoms with van der Waals surface area (Å²) in [6.45, 7) is 1.04. The van der Waals surface area contributed by atoms with Crippen LogP contribution >= 0.6 is 0 Å². The number of aromatic nitrogens is 2. The zero-order valence-electron chi connectivity index (χ0n) is 12.0. The number of hydrogen-bond donors (Lipinski definition) is 2. The third-order valence-corrected chi connectivity index (χ3v) is 5.14. The number of anilines is 1. The highest BCUT2D eigenvalue weighted by Crippen LogP contribution is 2.37. The van der Waals surface area contributed by atoms with Crippen molar-refractivity contribution in [3.63, 3.8) is 0 Å². The van der Waals surface area contributed by atoms with Gasteiger partial charge >= 0.3 is 0 Å². The van der Waals surface area contributed by atoms with Crippen LogP contribution < -0.4 is 5.32 Å². The zero-order chi connectivity index (χ0) is 13.5. The van der Waals surface area contributed by atoms with E-state index < -0.39 is 0 Å². The summed E-state index contributed by atoms with van der Waals surface area (Å²) < 4.78 is 0. The molecule has 3 heterocycles. The molecule has 2 aliphatic rings. The molecule has 2 N–H and O–H groups in total. The first-order chi connectivity index (χ1) is 9.79. The number of H-pyrrole nitrogens is 1. The maximum Gasteiger partial charge on any atom is 0.201 e. The van der Waals surface area contributed by atoms with E-state index in [1.165, 1.54) is 25.7 Å². The third kappa shape index (κ3) is 2.08. The second-order valence-corrected chi connectivity index (χ2v) is 6.37. The lowest BCUT2D eigenvalue weighted by Crippen LogP contribution is -2.41. The van der Waals surface area contributed by atoms with Crippen LogP contribution in [-0.2, 0) is 0 Å². The van der Waals surface area contributed by atoms with Crippen molar-refractivity contribution in [1.29, 1.82) is 0 Å². The summed E-state index contributed by atoms with van der Waals surface area (Å²) in [5, 5.41) is 3.50. The van der Waals surface area contributed by atoms with Gasteiger partial charge in [0.15, 0.2) is 0 Å². The van der Waals surface area contributed by atoms with Crippen molar-refractivity contribution in [2.45, 2.75) is 37.8 Å². The summed E-state index contributed by atoms with van der Waals surface area (Å²) in [5.74, 6) is 1.70. The molecule has 106 valence electrons. The van der Waals surface area contributed by atoms with Crippen LogP contribution in [0.2, 0.25) is 0 Å². The minimum Gasteiger partial charge on any atom is -0.356 e. The number of nitrogens with zero attached hydrogens (tertiary/aromatic N) is 2. The molecule has 4 nitrogen and oxygen atoms in total. The number of nitrogens with one attached hydrogen (secondary N) is 2. The molecule has 0 spiro atoms. The van der Waals surface area contributed by atoms with Gasteiger partial charge in [0.05, 0.1) is 11.0 Å². The Morgan fingerprint density at radius 3 is 2.75 bits per heavy atom. The summed E-state index contributed by atoms with van der Waals surface area (Å²) in [5.41, 5.74) is 2.15. The van der Waals surface area contributed by atoms with Crippen LogP contribution in [0, 0.1) is 5.92 Å². The molecule has 2 bridgehead atoms. The summed E-state index contributed by atoms with van der Waals surface area (Å²) in [6, 6.07) is 9.82. The SMILES string of the molecule is CN1C2CCC1CC(CNc1nc3ccccc3[nH]1)C2. The topological polar surface area (TPSA) is 44.0 Å². The Bertz CT molecular complexity index is 558. The standard InChI is InChI=1S/C16H22N4/c1-20-12-6-7-13(20)9-11(8-12)10-17-16-18-14-4-2-3-5-15(14)19-16/h2-5,11-13H,6-10H2,1H3,(H2,17,18,19). The minimum absolute atomic E-state index is 0.789. The van der Waals surface area contributed by atoms with Gasteiger partial charge in [0, 0.05) is 18.6 Å². The van der Waals surface area contributed by atoms with Crippen LogP contribution in [0.25, 0.3) is 11.0 Å². The third-order valence-electron chi connectivity index (χ3n) is 5.14. The second-order valence-electron chi connectivity index (χ2n) is 6.37. The number of para-hydroxylation sites is 2. The fourth-order valence-electron chi connectivity index (χ4n) is 3.97. The Hall–Kier alpha value is -1.55. The molecular formula is C16H22N4. The quantitative estimate of drug-likeness (QED) is 0.901. The normalized spacial score (nSPS) is 29.9. The summed E-state index contributed by atoms with van der Waals surface area (Å²) in [7, 11) is 2.30. The van der Waals surface area contributed by atoms with E-state index in [0.29, 0.717) is 0 Å². The number of benzene rings is 1. The first-order valence-corrected chi connectivity index (χ1v) is 7.70. The first-order valence-electron chi connectivity index (χ1n) is 7.70. The van der Waals surface area contributed by atoms with Gasteiger partial charge in [0.1, 0.15) is 0 Å². The molecule has 2 aromatic rings. The number of hydrogen-bond acceptors (Lipinski definition) is 3. The van der Waals surface area contributed by atoms with E-state index in [1.807, 2.05) is 18.2 Å². The Labute approximate surface area is 119 Å². The predicted molar refractivity (Wildman–Crippen MR) is 81.9 cm³/mol. The molecule has 1 aromatic carbocycles. The van der Waals surface area contributed by atoms with Crippen molar-refractivity contribution >= 4 is 17.0 Å². The van der Waals surface area contributed by atoms with E-state index in [4.69, 9.17) is 0 Å². The lowest BCUT2D eigenvalue weighted by molar-refractivity contribution is 0.139. The number of aromatic amines is 1. The molecule has 1 aromatic heterocycles. The predicted octanol–water partition coefficient (Wildman–Crippen LogP) is 2.85. The Morgan fingerprint density at radius 2 is 2.00 bits per heavy atom. The van der Waals surface area contributed by atoms with E-state index in [-0.39, 0.29) is 0 Å². The van der Waals surface area contributed by atoms with Crippen LogP contribution in [-0.4, -0.2) is 40.5 Å². The minimum atomic E-state index is 0.789. The van der Waals surface area contributed by atoms with Crippen molar-refractivity contribution in [3.8, 4) is 0 Å². The Kier molecular flexibility index (Phi) is 2.91. The molecule has 2 atom stereocenters. The van der Waals surface area contributed by atoms with E-state index >= 15 is 0 Å². The van der Waals surface area contributed by atoms with E-state index in [2.05, 4.69) is 33.3 Å². The van der Waals surface area contributed by atoms with Crippen molar-refractivity contribution in [2.75, 3.05) is 18.9 Å². The van der Waals surface area contributed by atoms with Crippen LogP contribution in [0.3, 0.4) is 0 Å². The molecule has 2 fully saturated rings. The van der Waals surface area contributed by atoms with E-state index in [1.54, 1.807) is 0 Å². The Morgan fingerprint density at radius 1 is 1.25 bits per heavy atom. The number of imidazole rings is 1. The highest BCUT2D eigenvalue weighted by atomic mass is 15.2. The van der Waals surface area contributed by atoms with E-state index in [0.717, 1.165) is 41.5 Å². The molecule has 20 heavy (non-hydrogen) atoms.